The van der Waals surface area contributed by atoms with Gasteiger partial charge in [0.1, 0.15) is 6.04 Å². The zero-order valence-electron chi connectivity index (χ0n) is 23.8. The number of ether oxygens (including phenoxy) is 1. The highest BCUT2D eigenvalue weighted by molar-refractivity contribution is 7.99. The summed E-state index contributed by atoms with van der Waals surface area (Å²) < 4.78 is 35.0. The van der Waals surface area contributed by atoms with E-state index >= 15 is 0 Å². The zero-order valence-corrected chi connectivity index (χ0v) is 25.4. The van der Waals surface area contributed by atoms with E-state index in [4.69, 9.17) is 10.5 Å². The molecule has 0 unspecified atom stereocenters. The number of likely N-dealkylation sites (tertiary alicyclic amines) is 1. The molecule has 220 valence electrons. The van der Waals surface area contributed by atoms with Crippen LogP contribution in [0.1, 0.15) is 57.6 Å². The molecule has 1 amide bonds. The lowest BCUT2D eigenvalue weighted by atomic mass is 9.78. The van der Waals surface area contributed by atoms with Gasteiger partial charge in [-0.2, -0.15) is 16.5 Å². The molecule has 2 aromatic rings. The molecule has 1 saturated heterocycles. The van der Waals surface area contributed by atoms with Crippen molar-refractivity contribution in [3.63, 3.8) is 0 Å². The number of nitrogens with two attached hydrogens (primary N) is 1. The minimum Gasteiger partial charge on any atom is -0.466 e. The molecule has 40 heavy (non-hydrogen) atoms. The molecule has 1 atom stereocenters. The van der Waals surface area contributed by atoms with Gasteiger partial charge in [0.15, 0.2) is 0 Å². The van der Waals surface area contributed by atoms with E-state index in [0.717, 1.165) is 42.6 Å². The van der Waals surface area contributed by atoms with Crippen LogP contribution in [0.4, 0.5) is 0 Å². The van der Waals surface area contributed by atoms with Crippen LogP contribution >= 0.6 is 11.8 Å². The van der Waals surface area contributed by atoms with Crippen molar-refractivity contribution in [1.82, 2.24) is 9.62 Å². The number of thioether (sulfide) groups is 1. The minimum atomic E-state index is -3.97. The Morgan fingerprint density at radius 1 is 1.10 bits per heavy atom. The maximum absolute atomic E-state index is 13.6. The van der Waals surface area contributed by atoms with Crippen LogP contribution in [0.2, 0.25) is 0 Å². The quantitative estimate of drug-likeness (QED) is 0.253. The van der Waals surface area contributed by atoms with Crippen LogP contribution in [-0.4, -0.2) is 69.0 Å². The molecular formula is C30H43N3O5S2. The predicted molar refractivity (Wildman–Crippen MR) is 161 cm³/mol. The second-order valence-corrected chi connectivity index (χ2v) is 13.7. The van der Waals surface area contributed by atoms with Crippen LogP contribution in [0.5, 0.6) is 0 Å². The van der Waals surface area contributed by atoms with Crippen molar-refractivity contribution in [2.45, 2.75) is 62.8 Å². The topological polar surface area (TPSA) is 119 Å². The average molecular weight is 590 g/mol. The molecule has 1 fully saturated rings. The van der Waals surface area contributed by atoms with Crippen molar-refractivity contribution in [3.8, 4) is 0 Å². The maximum atomic E-state index is 13.6. The Labute approximate surface area is 243 Å². The van der Waals surface area contributed by atoms with Gasteiger partial charge >= 0.3 is 5.97 Å². The third-order valence-corrected chi connectivity index (χ3v) is 10.1. The number of nitrogens with zero attached hydrogens (tertiary/aromatic N) is 1. The number of nitrogens with one attached hydrogen (secondary N) is 1. The van der Waals surface area contributed by atoms with Crippen molar-refractivity contribution < 1.29 is 22.7 Å². The third kappa shape index (κ3) is 9.06. The van der Waals surface area contributed by atoms with Gasteiger partial charge in [0.05, 0.1) is 11.5 Å². The van der Waals surface area contributed by atoms with Gasteiger partial charge in [0.25, 0.3) is 0 Å². The van der Waals surface area contributed by atoms with E-state index in [9.17, 15) is 18.0 Å². The summed E-state index contributed by atoms with van der Waals surface area (Å²) in [5, 5.41) is 0. The van der Waals surface area contributed by atoms with Crippen molar-refractivity contribution in [2.75, 3.05) is 37.7 Å². The Morgan fingerprint density at radius 2 is 1.77 bits per heavy atom. The van der Waals surface area contributed by atoms with Gasteiger partial charge in [-0.05, 0) is 67.2 Å². The standard InChI is InChI=1S/C30H43N3O5S2/c1-23(34)38-19-15-24-13-17-33(18-14-24)29(35)28(22-39-20-8-16-31)32-40(36,37)27-12-7-11-26(21-27)30(2,3)25-9-5-4-6-10-25/h4-7,9-12,21,24,28,32H,8,13-20,22,31H2,1-3H3/t28-/m0/s1. The van der Waals surface area contributed by atoms with Gasteiger partial charge < -0.3 is 15.4 Å². The summed E-state index contributed by atoms with van der Waals surface area (Å²) in [5.41, 5.74) is 7.18. The van der Waals surface area contributed by atoms with Crippen LogP contribution in [0.15, 0.2) is 59.5 Å². The first-order valence-electron chi connectivity index (χ1n) is 13.9. The number of hydrogen-bond donors (Lipinski definition) is 2. The highest BCUT2D eigenvalue weighted by Crippen LogP contribution is 2.32. The number of piperidine rings is 1. The minimum absolute atomic E-state index is 0.142. The first kappa shape index (κ1) is 32.1. The van der Waals surface area contributed by atoms with Crippen LogP contribution in [0, 0.1) is 5.92 Å². The largest absolute Gasteiger partial charge is 0.466 e. The smallest absolute Gasteiger partial charge is 0.302 e. The number of hydrogen-bond acceptors (Lipinski definition) is 7. The van der Waals surface area contributed by atoms with Gasteiger partial charge in [-0.1, -0.05) is 56.3 Å². The molecule has 2 aromatic carbocycles. The van der Waals surface area contributed by atoms with E-state index < -0.39 is 21.5 Å². The summed E-state index contributed by atoms with van der Waals surface area (Å²) in [6.45, 7) is 7.56. The van der Waals surface area contributed by atoms with E-state index in [2.05, 4.69) is 18.6 Å². The Hall–Kier alpha value is -2.40. The summed E-state index contributed by atoms with van der Waals surface area (Å²) in [5.74, 6) is 0.959. The van der Waals surface area contributed by atoms with Crippen molar-refractivity contribution in [2.24, 2.45) is 11.7 Å². The molecule has 1 heterocycles. The lowest BCUT2D eigenvalue weighted by Crippen LogP contribution is -2.52. The number of rotatable bonds is 14. The maximum Gasteiger partial charge on any atom is 0.302 e. The molecule has 8 nitrogen and oxygen atoms in total. The van der Waals surface area contributed by atoms with Gasteiger partial charge in [-0.3, -0.25) is 9.59 Å². The number of amides is 1. The first-order valence-corrected chi connectivity index (χ1v) is 16.6. The van der Waals surface area contributed by atoms with Gasteiger partial charge in [0.2, 0.25) is 15.9 Å². The second kappa shape index (κ2) is 15.0. The molecular weight excluding hydrogens is 546 g/mol. The molecule has 0 saturated carbocycles. The molecule has 3 rings (SSSR count). The zero-order chi connectivity index (χ0) is 29.2. The van der Waals surface area contributed by atoms with Crippen LogP contribution in [0.25, 0.3) is 0 Å². The highest BCUT2D eigenvalue weighted by Gasteiger charge is 2.32. The number of carbonyl (C=O) groups excluding carboxylic acids is 2. The SMILES string of the molecule is CC(=O)OCCC1CCN(C(=O)[C@H](CSCCCN)NS(=O)(=O)c2cccc(C(C)(C)c3ccccc3)c2)CC1. The number of sulfonamides is 1. The summed E-state index contributed by atoms with van der Waals surface area (Å²) in [6, 6.07) is 16.1. The summed E-state index contributed by atoms with van der Waals surface area (Å²) in [4.78, 5) is 26.5. The van der Waals surface area contributed by atoms with Gasteiger partial charge in [0, 0.05) is 31.2 Å². The molecule has 3 N–H and O–H groups in total. The Balaban J connectivity index is 1.73. The highest BCUT2D eigenvalue weighted by atomic mass is 32.2. The number of carbonyl (C=O) groups is 2. The molecule has 1 aliphatic heterocycles. The summed E-state index contributed by atoms with van der Waals surface area (Å²) >= 11 is 1.53. The number of benzene rings is 2. The fourth-order valence-electron chi connectivity index (χ4n) is 4.90. The fraction of sp³-hybridized carbons (Fsp3) is 0.533. The molecule has 1 aliphatic rings. The summed E-state index contributed by atoms with van der Waals surface area (Å²) in [7, 11) is -3.97. The fourth-order valence-corrected chi connectivity index (χ4v) is 7.24. The van der Waals surface area contributed by atoms with E-state index in [1.165, 1.54) is 18.7 Å². The van der Waals surface area contributed by atoms with Crippen LogP contribution < -0.4 is 10.5 Å². The molecule has 0 spiro atoms. The first-order chi connectivity index (χ1) is 19.0. The van der Waals surface area contributed by atoms with E-state index in [-0.39, 0.29) is 16.8 Å². The van der Waals surface area contributed by atoms with E-state index in [1.54, 1.807) is 23.1 Å². The van der Waals surface area contributed by atoms with Crippen LogP contribution in [-0.2, 0) is 29.8 Å². The molecule has 0 radical (unpaired) electrons. The van der Waals surface area contributed by atoms with E-state index in [1.807, 2.05) is 36.4 Å². The van der Waals surface area contributed by atoms with E-state index in [0.29, 0.717) is 37.9 Å². The Kier molecular flexibility index (Phi) is 12.0. The molecule has 10 heteroatoms. The Morgan fingerprint density at radius 3 is 2.42 bits per heavy atom. The van der Waals surface area contributed by atoms with Gasteiger partial charge in [-0.15, -0.1) is 0 Å². The molecule has 0 bridgehead atoms. The Bertz CT molecular complexity index is 1210. The monoisotopic (exact) mass is 589 g/mol. The van der Waals surface area contributed by atoms with Crippen molar-refractivity contribution >= 4 is 33.7 Å². The summed E-state index contributed by atoms with van der Waals surface area (Å²) in [6.07, 6.45) is 3.15. The lowest BCUT2D eigenvalue weighted by molar-refractivity contribution is -0.141. The molecule has 0 aromatic heterocycles. The van der Waals surface area contributed by atoms with Crippen molar-refractivity contribution in [3.05, 3.63) is 65.7 Å². The predicted octanol–water partition coefficient (Wildman–Crippen LogP) is 3.93. The third-order valence-electron chi connectivity index (χ3n) is 7.49. The van der Waals surface area contributed by atoms with Gasteiger partial charge in [-0.25, -0.2) is 8.42 Å². The molecule has 0 aliphatic carbocycles. The lowest BCUT2D eigenvalue weighted by Gasteiger charge is -2.34. The number of esters is 1. The average Bonchev–Trinajstić information content (AvgIpc) is 2.95. The van der Waals surface area contributed by atoms with Crippen LogP contribution in [0.3, 0.4) is 0 Å². The second-order valence-electron chi connectivity index (χ2n) is 10.8. The van der Waals surface area contributed by atoms with Crippen molar-refractivity contribution in [1.29, 1.82) is 0 Å². The normalized spacial score (nSPS) is 15.6.